The van der Waals surface area contributed by atoms with Crippen LogP contribution in [0.3, 0.4) is 0 Å². The van der Waals surface area contributed by atoms with Crippen LogP contribution in [-0.4, -0.2) is 23.5 Å². The molecule has 4 nitrogen and oxygen atoms in total. The monoisotopic (exact) mass is 291 g/mol. The molecule has 0 aromatic heterocycles. The molecule has 0 fully saturated rings. The van der Waals surface area contributed by atoms with Gasteiger partial charge in [-0.1, -0.05) is 31.8 Å². The van der Waals surface area contributed by atoms with Crippen molar-refractivity contribution in [3.8, 4) is 0 Å². The fourth-order valence-corrected chi connectivity index (χ4v) is 1.49. The molecule has 0 atom stereocenters. The summed E-state index contributed by atoms with van der Waals surface area (Å²) in [6, 6.07) is 0. The van der Waals surface area contributed by atoms with E-state index in [1.165, 1.54) is 19.3 Å². The van der Waals surface area contributed by atoms with Gasteiger partial charge in [-0.15, -0.1) is 6.58 Å². The van der Waals surface area contributed by atoms with Crippen molar-refractivity contribution in [2.45, 2.75) is 44.9 Å². The van der Waals surface area contributed by atoms with Gasteiger partial charge < -0.3 is 15.2 Å². The molecule has 0 aliphatic carbocycles. The maximum atomic E-state index is 11.0. The Morgan fingerprint density at radius 1 is 1.11 bits per heavy atom. The Bertz CT molecular complexity index is 301. The number of carboxylic acid groups (broad SMARTS) is 1. The van der Waals surface area contributed by atoms with Crippen molar-refractivity contribution in [3.63, 3.8) is 0 Å². The number of carbonyl (C=O) groups is 1. The predicted molar refractivity (Wildman–Crippen MR) is 71.6 cm³/mol. The first-order valence-corrected chi connectivity index (χ1v) is 6.40. The van der Waals surface area contributed by atoms with Gasteiger partial charge in [0.15, 0.2) is 0 Å². The molecule has 1 N–H and O–H groups in total. The van der Waals surface area contributed by atoms with Gasteiger partial charge in [-0.05, 0) is 31.2 Å². The second-order valence-corrected chi connectivity index (χ2v) is 4.09. The number of hydrogen-bond acceptors (Lipinski definition) is 3. The third-order valence-corrected chi connectivity index (χ3v) is 2.45. The van der Waals surface area contributed by atoms with Crippen molar-refractivity contribution in [2.75, 3.05) is 6.54 Å². The van der Waals surface area contributed by atoms with Crippen LogP contribution in [0.25, 0.3) is 0 Å². The molecule has 0 aliphatic rings. The molecule has 5 heteroatoms. The summed E-state index contributed by atoms with van der Waals surface area (Å²) in [6.45, 7) is 4.16. The molecule has 0 amide bonds. The molecule has 0 aliphatic heterocycles. The fourth-order valence-electron chi connectivity index (χ4n) is 1.49. The number of unbranched alkanes of at least 4 members (excludes halogenated alkanes) is 6. The van der Waals surface area contributed by atoms with Gasteiger partial charge in [0.05, 0.1) is 0 Å². The summed E-state index contributed by atoms with van der Waals surface area (Å²) in [7, 11) is 0. The Hall–Kier alpha value is 0.0564. The smallest absolute Gasteiger partial charge is 0.859 e. The van der Waals surface area contributed by atoms with Crippen molar-refractivity contribution >= 4 is 11.9 Å². The van der Waals surface area contributed by atoms with Gasteiger partial charge in [0.25, 0.3) is 0 Å². The zero-order valence-electron chi connectivity index (χ0n) is 11.8. The normalized spacial score (nSPS) is 11.3. The molecule has 0 bridgehead atoms. The van der Waals surface area contributed by atoms with Gasteiger partial charge in [-0.2, -0.15) is 0 Å². The maximum Gasteiger partial charge on any atom is 1.00 e. The summed E-state index contributed by atoms with van der Waals surface area (Å²) in [6.07, 6.45) is 11.6. The molecule has 0 radical (unpaired) electrons. The molecule has 0 saturated carbocycles. The number of aliphatic carboxylic acids is 1. The molecule has 0 saturated heterocycles. The zero-order valence-corrected chi connectivity index (χ0v) is 14.9. The van der Waals surface area contributed by atoms with Crippen LogP contribution >= 0.6 is 0 Å². The van der Waals surface area contributed by atoms with Crippen molar-refractivity contribution in [2.24, 2.45) is 4.99 Å². The largest absolute Gasteiger partial charge is 1.00 e. The van der Waals surface area contributed by atoms with Gasteiger partial charge >= 0.3 is 57.4 Å². The number of hydrogen-bond donors (Lipinski definition) is 1. The second kappa shape index (κ2) is 16.1. The van der Waals surface area contributed by atoms with Crippen molar-refractivity contribution in [1.82, 2.24) is 0 Å². The van der Waals surface area contributed by atoms with E-state index >= 15 is 0 Å². The van der Waals surface area contributed by atoms with Crippen LogP contribution in [0.1, 0.15) is 44.9 Å². The number of nitrogens with zero attached hydrogens (tertiary/aromatic N) is 1. The van der Waals surface area contributed by atoms with E-state index in [9.17, 15) is 9.90 Å². The van der Waals surface area contributed by atoms with Crippen LogP contribution in [0.4, 0.5) is 0 Å². The molecule has 0 spiro atoms. The fraction of sp³-hybridized carbons (Fsp3) is 0.571. The number of rotatable bonds is 11. The molecule has 0 unspecified atom stereocenters. The van der Waals surface area contributed by atoms with Crippen LogP contribution in [0, 0.1) is 0 Å². The Labute approximate surface area is 158 Å². The van der Waals surface area contributed by atoms with E-state index in [0.717, 1.165) is 37.8 Å². The van der Waals surface area contributed by atoms with Crippen LogP contribution in [-0.2, 0) is 4.79 Å². The SMILES string of the molecule is C=CCCCCCCCCN=C([O-])/C=C/C(=O)O.[K+]. The molecular weight excluding hydrogens is 269 g/mol. The van der Waals surface area contributed by atoms with Crippen molar-refractivity contribution in [3.05, 3.63) is 24.8 Å². The zero-order chi connectivity index (χ0) is 13.6. The summed E-state index contributed by atoms with van der Waals surface area (Å²) < 4.78 is 0. The van der Waals surface area contributed by atoms with E-state index in [2.05, 4.69) is 11.6 Å². The maximum absolute atomic E-state index is 11.0. The predicted octanol–water partition coefficient (Wildman–Crippen LogP) is -0.693. The summed E-state index contributed by atoms with van der Waals surface area (Å²) in [4.78, 5) is 13.9. The first-order valence-electron chi connectivity index (χ1n) is 6.40. The van der Waals surface area contributed by atoms with E-state index in [-0.39, 0.29) is 51.4 Å². The Kier molecular flexibility index (Phi) is 18.1. The Morgan fingerprint density at radius 2 is 1.68 bits per heavy atom. The second-order valence-electron chi connectivity index (χ2n) is 4.09. The summed E-state index contributed by atoms with van der Waals surface area (Å²) in [5.74, 6) is -1.60. The molecule has 0 aromatic carbocycles. The quantitative estimate of drug-likeness (QED) is 0.137. The Balaban J connectivity index is 0. The number of aliphatic imine (C=N–C) groups is 1. The van der Waals surface area contributed by atoms with Crippen molar-refractivity contribution < 1.29 is 66.4 Å². The van der Waals surface area contributed by atoms with E-state index in [0.29, 0.717) is 6.54 Å². The van der Waals surface area contributed by atoms with E-state index in [1.54, 1.807) is 0 Å². The number of allylic oxidation sites excluding steroid dienone is 1. The number of carboxylic acids is 1. The average Bonchev–Trinajstić information content (AvgIpc) is 2.34. The molecule has 102 valence electrons. The average molecular weight is 291 g/mol. The van der Waals surface area contributed by atoms with E-state index in [4.69, 9.17) is 5.11 Å². The Morgan fingerprint density at radius 3 is 2.26 bits per heavy atom. The van der Waals surface area contributed by atoms with Gasteiger partial charge in [0, 0.05) is 12.6 Å². The van der Waals surface area contributed by atoms with Gasteiger partial charge in [-0.25, -0.2) is 4.79 Å². The standard InChI is InChI=1S/C14H23NO3.K/c1-2-3-4-5-6-7-8-9-12-15-13(16)10-11-14(17)18;/h2,10-11H,1,3-9,12H2,(H,15,16)(H,17,18);/q;+1/p-1/b11-10+;. The van der Waals surface area contributed by atoms with Crippen LogP contribution in [0.2, 0.25) is 0 Å². The van der Waals surface area contributed by atoms with Crippen LogP contribution < -0.4 is 56.5 Å². The molecule has 19 heavy (non-hydrogen) atoms. The molecular formula is C14H22KNO3. The van der Waals surface area contributed by atoms with Crippen LogP contribution in [0.15, 0.2) is 29.8 Å². The first-order chi connectivity index (χ1) is 8.66. The molecule has 0 aromatic rings. The summed E-state index contributed by atoms with van der Waals surface area (Å²) in [5.41, 5.74) is 0. The third kappa shape index (κ3) is 18.1. The minimum Gasteiger partial charge on any atom is -0.859 e. The minimum atomic E-state index is -1.13. The summed E-state index contributed by atoms with van der Waals surface area (Å²) in [5, 5.41) is 19.3. The van der Waals surface area contributed by atoms with Gasteiger partial charge in [0.1, 0.15) is 0 Å². The van der Waals surface area contributed by atoms with Gasteiger partial charge in [0.2, 0.25) is 0 Å². The van der Waals surface area contributed by atoms with E-state index in [1.807, 2.05) is 6.08 Å². The van der Waals surface area contributed by atoms with Crippen LogP contribution in [0.5, 0.6) is 0 Å². The topological polar surface area (TPSA) is 72.7 Å². The summed E-state index contributed by atoms with van der Waals surface area (Å²) >= 11 is 0. The minimum absolute atomic E-state index is 0. The molecule has 0 rings (SSSR count). The molecule has 0 heterocycles. The van der Waals surface area contributed by atoms with Crippen molar-refractivity contribution in [1.29, 1.82) is 0 Å². The third-order valence-electron chi connectivity index (χ3n) is 2.45. The first kappa shape index (κ1) is 21.4. The van der Waals surface area contributed by atoms with Gasteiger partial charge in [-0.3, -0.25) is 0 Å². The van der Waals surface area contributed by atoms with E-state index < -0.39 is 11.9 Å².